The third kappa shape index (κ3) is 4.46. The Kier molecular flexibility index (Phi) is 5.92. The molecule has 1 amide bonds. The van der Waals surface area contributed by atoms with Crippen LogP contribution in [0.15, 0.2) is 11.8 Å². The van der Waals surface area contributed by atoms with Crippen molar-refractivity contribution in [3.8, 4) is 0 Å². The summed E-state index contributed by atoms with van der Waals surface area (Å²) in [6.07, 6.45) is 13.9. The van der Waals surface area contributed by atoms with E-state index in [4.69, 9.17) is 12.2 Å². The predicted octanol–water partition coefficient (Wildman–Crippen LogP) is 3.09. The number of allylic oxidation sites excluding steroid dienone is 2. The number of piperidine rings is 1. The maximum atomic E-state index is 12.6. The molecule has 1 heterocycles. The standard InChI is InChI=1S/C18H29N3OS/c22-17(11-12-19-18(23)20-15-8-2-3-9-15)21-13-5-7-14-6-1-4-10-16(14)21/h10,14-15H,1-9,11-13H2,(H2,19,20,23). The number of nitrogens with one attached hydrogen (secondary N) is 2. The molecule has 3 aliphatic rings. The molecule has 3 rings (SSSR count). The van der Waals surface area contributed by atoms with Crippen LogP contribution in [0.25, 0.3) is 0 Å². The first-order chi connectivity index (χ1) is 11.2. The molecule has 4 nitrogen and oxygen atoms in total. The molecule has 2 aliphatic carbocycles. The van der Waals surface area contributed by atoms with Crippen molar-refractivity contribution in [2.75, 3.05) is 13.1 Å². The molecule has 0 aromatic heterocycles. The molecule has 1 saturated carbocycles. The second kappa shape index (κ2) is 8.13. The van der Waals surface area contributed by atoms with Gasteiger partial charge in [-0.2, -0.15) is 0 Å². The van der Waals surface area contributed by atoms with E-state index in [2.05, 4.69) is 16.7 Å². The van der Waals surface area contributed by atoms with Crippen LogP contribution in [0.5, 0.6) is 0 Å². The molecule has 0 spiro atoms. The fourth-order valence-corrected chi connectivity index (χ4v) is 4.44. The highest BCUT2D eigenvalue weighted by atomic mass is 32.1. The van der Waals surface area contributed by atoms with Gasteiger partial charge in [0.1, 0.15) is 0 Å². The van der Waals surface area contributed by atoms with E-state index >= 15 is 0 Å². The molecule has 0 aromatic rings. The SMILES string of the molecule is O=C(CCNC(=S)NC1CCCC1)N1CCCC2CCCC=C21. The first-order valence-corrected chi connectivity index (χ1v) is 9.69. The van der Waals surface area contributed by atoms with E-state index in [1.807, 2.05) is 4.90 Å². The Morgan fingerprint density at radius 1 is 1.17 bits per heavy atom. The van der Waals surface area contributed by atoms with Crippen LogP contribution in [0, 0.1) is 5.92 Å². The summed E-state index contributed by atoms with van der Waals surface area (Å²) in [6, 6.07) is 0.529. The van der Waals surface area contributed by atoms with Gasteiger partial charge in [-0.25, -0.2) is 0 Å². The van der Waals surface area contributed by atoms with E-state index in [1.165, 1.54) is 50.6 Å². The van der Waals surface area contributed by atoms with Crippen molar-refractivity contribution in [3.63, 3.8) is 0 Å². The van der Waals surface area contributed by atoms with Gasteiger partial charge in [-0.3, -0.25) is 4.79 Å². The molecule has 1 atom stereocenters. The van der Waals surface area contributed by atoms with Crippen molar-refractivity contribution >= 4 is 23.2 Å². The summed E-state index contributed by atoms with van der Waals surface area (Å²) in [7, 11) is 0. The second-order valence-corrected chi connectivity index (χ2v) is 7.48. The zero-order chi connectivity index (χ0) is 16.1. The van der Waals surface area contributed by atoms with Crippen LogP contribution in [0.4, 0.5) is 0 Å². The Morgan fingerprint density at radius 3 is 2.78 bits per heavy atom. The highest BCUT2D eigenvalue weighted by Crippen LogP contribution is 2.35. The molecule has 23 heavy (non-hydrogen) atoms. The molecular formula is C18H29N3OS. The Balaban J connectivity index is 1.41. The van der Waals surface area contributed by atoms with E-state index in [9.17, 15) is 4.79 Å². The molecule has 128 valence electrons. The maximum Gasteiger partial charge on any atom is 0.228 e. The normalized spacial score (nSPS) is 24.8. The van der Waals surface area contributed by atoms with Gasteiger partial charge in [0.25, 0.3) is 0 Å². The molecule has 0 bridgehead atoms. The molecule has 0 radical (unpaired) electrons. The van der Waals surface area contributed by atoms with Gasteiger partial charge in [0.2, 0.25) is 5.91 Å². The van der Waals surface area contributed by atoms with Crippen LogP contribution >= 0.6 is 12.2 Å². The lowest BCUT2D eigenvalue weighted by Crippen LogP contribution is -2.43. The zero-order valence-corrected chi connectivity index (χ0v) is 14.8. The number of fused-ring (bicyclic) bond motifs is 1. The molecule has 1 unspecified atom stereocenters. The largest absolute Gasteiger partial charge is 0.362 e. The third-order valence-electron chi connectivity index (χ3n) is 5.39. The van der Waals surface area contributed by atoms with Crippen LogP contribution < -0.4 is 10.6 Å². The first-order valence-electron chi connectivity index (χ1n) is 9.29. The van der Waals surface area contributed by atoms with Gasteiger partial charge in [0.05, 0.1) is 0 Å². The lowest BCUT2D eigenvalue weighted by molar-refractivity contribution is -0.130. The van der Waals surface area contributed by atoms with Crippen LogP contribution in [-0.2, 0) is 4.79 Å². The average molecular weight is 336 g/mol. The monoisotopic (exact) mass is 335 g/mol. The van der Waals surface area contributed by atoms with Gasteiger partial charge in [0.15, 0.2) is 5.11 Å². The fraction of sp³-hybridized carbons (Fsp3) is 0.778. The molecule has 1 saturated heterocycles. The minimum Gasteiger partial charge on any atom is -0.362 e. The van der Waals surface area contributed by atoms with Gasteiger partial charge in [0, 0.05) is 31.2 Å². The number of hydrogen-bond acceptors (Lipinski definition) is 2. The zero-order valence-electron chi connectivity index (χ0n) is 14.0. The molecular weight excluding hydrogens is 306 g/mol. The summed E-state index contributed by atoms with van der Waals surface area (Å²) >= 11 is 5.33. The first kappa shape index (κ1) is 16.7. The van der Waals surface area contributed by atoms with Gasteiger partial charge in [-0.05, 0) is 63.1 Å². The predicted molar refractivity (Wildman–Crippen MR) is 97.0 cm³/mol. The highest BCUT2D eigenvalue weighted by Gasteiger charge is 2.29. The van der Waals surface area contributed by atoms with E-state index < -0.39 is 0 Å². The van der Waals surface area contributed by atoms with E-state index in [0.717, 1.165) is 19.4 Å². The van der Waals surface area contributed by atoms with Gasteiger partial charge < -0.3 is 15.5 Å². The number of likely N-dealkylation sites (tertiary alicyclic amines) is 1. The minimum absolute atomic E-state index is 0.249. The molecule has 2 N–H and O–H groups in total. The number of nitrogens with zero attached hydrogens (tertiary/aromatic N) is 1. The third-order valence-corrected chi connectivity index (χ3v) is 5.65. The number of thiocarbonyl (C=S) groups is 1. The lowest BCUT2D eigenvalue weighted by atomic mass is 9.85. The van der Waals surface area contributed by atoms with E-state index in [0.29, 0.717) is 30.0 Å². The topological polar surface area (TPSA) is 44.4 Å². The van der Waals surface area contributed by atoms with Crippen LogP contribution in [0.3, 0.4) is 0 Å². The lowest BCUT2D eigenvalue weighted by Gasteiger charge is -2.38. The van der Waals surface area contributed by atoms with Crippen molar-refractivity contribution < 1.29 is 4.79 Å². The highest BCUT2D eigenvalue weighted by molar-refractivity contribution is 7.80. The second-order valence-electron chi connectivity index (χ2n) is 7.08. The van der Waals surface area contributed by atoms with Crippen LogP contribution in [-0.4, -0.2) is 35.1 Å². The Labute approximate surface area is 145 Å². The van der Waals surface area contributed by atoms with Crippen molar-refractivity contribution in [2.45, 2.75) is 70.3 Å². The summed E-state index contributed by atoms with van der Waals surface area (Å²) in [5.74, 6) is 0.874. The summed E-state index contributed by atoms with van der Waals surface area (Å²) in [5.41, 5.74) is 1.30. The van der Waals surface area contributed by atoms with Crippen molar-refractivity contribution in [2.24, 2.45) is 5.92 Å². The van der Waals surface area contributed by atoms with Crippen LogP contribution in [0.1, 0.15) is 64.2 Å². The maximum absolute atomic E-state index is 12.6. The Morgan fingerprint density at radius 2 is 1.96 bits per heavy atom. The van der Waals surface area contributed by atoms with Gasteiger partial charge in [-0.1, -0.05) is 18.9 Å². The number of hydrogen-bond donors (Lipinski definition) is 2. The molecule has 0 aromatic carbocycles. The smallest absolute Gasteiger partial charge is 0.228 e. The summed E-state index contributed by atoms with van der Waals surface area (Å²) in [4.78, 5) is 14.6. The summed E-state index contributed by atoms with van der Waals surface area (Å²) in [6.45, 7) is 1.53. The van der Waals surface area contributed by atoms with Gasteiger partial charge >= 0.3 is 0 Å². The Hall–Kier alpha value is -1.10. The van der Waals surface area contributed by atoms with Crippen molar-refractivity contribution in [1.82, 2.24) is 15.5 Å². The average Bonchev–Trinajstić information content (AvgIpc) is 3.07. The number of carbonyl (C=O) groups is 1. The summed E-state index contributed by atoms with van der Waals surface area (Å²) in [5, 5.41) is 7.27. The van der Waals surface area contributed by atoms with Crippen molar-refractivity contribution in [1.29, 1.82) is 0 Å². The minimum atomic E-state index is 0.249. The van der Waals surface area contributed by atoms with Crippen LogP contribution in [0.2, 0.25) is 0 Å². The van der Waals surface area contributed by atoms with Crippen molar-refractivity contribution in [3.05, 3.63) is 11.8 Å². The molecule has 1 aliphatic heterocycles. The van der Waals surface area contributed by atoms with E-state index in [-0.39, 0.29) is 5.91 Å². The molecule has 2 fully saturated rings. The Bertz CT molecular complexity index is 471. The fourth-order valence-electron chi connectivity index (χ4n) is 4.17. The molecule has 5 heteroatoms. The number of amides is 1. The van der Waals surface area contributed by atoms with Gasteiger partial charge in [-0.15, -0.1) is 0 Å². The number of carbonyl (C=O) groups excluding carboxylic acids is 1. The number of rotatable bonds is 4. The quantitative estimate of drug-likeness (QED) is 0.775. The van der Waals surface area contributed by atoms with E-state index in [1.54, 1.807) is 0 Å². The summed E-state index contributed by atoms with van der Waals surface area (Å²) < 4.78 is 0.